The van der Waals surface area contributed by atoms with E-state index in [1.807, 2.05) is 63.2 Å². The summed E-state index contributed by atoms with van der Waals surface area (Å²) in [7, 11) is 0. The van der Waals surface area contributed by atoms with Crippen LogP contribution in [-0.4, -0.2) is 35.8 Å². The first-order valence-corrected chi connectivity index (χ1v) is 8.57. The van der Waals surface area contributed by atoms with E-state index in [-0.39, 0.29) is 17.9 Å². The van der Waals surface area contributed by atoms with E-state index in [1.54, 1.807) is 17.0 Å². The molecule has 0 spiro atoms. The van der Waals surface area contributed by atoms with Crippen LogP contribution in [0.1, 0.15) is 31.1 Å². The van der Waals surface area contributed by atoms with Crippen molar-refractivity contribution in [3.63, 3.8) is 0 Å². The summed E-state index contributed by atoms with van der Waals surface area (Å²) >= 11 is 0. The van der Waals surface area contributed by atoms with E-state index >= 15 is 0 Å². The molecule has 1 atom stereocenters. The lowest BCUT2D eigenvalue weighted by atomic mass is 10.2. The Morgan fingerprint density at radius 3 is 2.24 bits per heavy atom. The molecule has 0 fully saturated rings. The third-order valence-corrected chi connectivity index (χ3v) is 3.99. The largest absolute Gasteiger partial charge is 0.374 e. The fourth-order valence-corrected chi connectivity index (χ4v) is 2.60. The van der Waals surface area contributed by atoms with Crippen molar-refractivity contribution in [3.8, 4) is 0 Å². The number of rotatable bonds is 7. The second-order valence-electron chi connectivity index (χ2n) is 5.78. The monoisotopic (exact) mass is 339 g/mol. The van der Waals surface area contributed by atoms with Gasteiger partial charge in [-0.2, -0.15) is 0 Å². The molecule has 0 radical (unpaired) electrons. The molecule has 0 saturated heterocycles. The van der Waals surface area contributed by atoms with Gasteiger partial charge in [0.2, 0.25) is 5.91 Å². The van der Waals surface area contributed by atoms with Gasteiger partial charge in [-0.3, -0.25) is 9.59 Å². The number of carbonyl (C=O) groups is 2. The summed E-state index contributed by atoms with van der Waals surface area (Å²) in [4.78, 5) is 26.4. The minimum absolute atomic E-state index is 0.0590. The Morgan fingerprint density at radius 1 is 0.960 bits per heavy atom. The van der Waals surface area contributed by atoms with Gasteiger partial charge in [-0.15, -0.1) is 0 Å². The van der Waals surface area contributed by atoms with Gasteiger partial charge in [0.25, 0.3) is 5.91 Å². The Balaban J connectivity index is 2.03. The van der Waals surface area contributed by atoms with Crippen molar-refractivity contribution < 1.29 is 9.59 Å². The van der Waals surface area contributed by atoms with Crippen LogP contribution in [0.5, 0.6) is 0 Å². The SMILES string of the molecule is CCN(CC)C(=O)[C@H](C)Nc1cccc(NC(=O)c2ccccc2)c1. The number of likely N-dealkylation sites (N-methyl/N-ethyl adjacent to an activating group) is 1. The van der Waals surface area contributed by atoms with Gasteiger partial charge in [-0.1, -0.05) is 24.3 Å². The van der Waals surface area contributed by atoms with E-state index in [4.69, 9.17) is 0 Å². The van der Waals surface area contributed by atoms with E-state index in [9.17, 15) is 9.59 Å². The van der Waals surface area contributed by atoms with Crippen molar-refractivity contribution >= 4 is 23.2 Å². The van der Waals surface area contributed by atoms with Crippen molar-refractivity contribution in [2.45, 2.75) is 26.8 Å². The maximum atomic E-state index is 12.4. The summed E-state index contributed by atoms with van der Waals surface area (Å²) in [5.74, 6) is -0.103. The maximum Gasteiger partial charge on any atom is 0.255 e. The summed E-state index contributed by atoms with van der Waals surface area (Å²) in [5, 5.41) is 6.07. The van der Waals surface area contributed by atoms with Crippen LogP contribution in [0.4, 0.5) is 11.4 Å². The normalized spacial score (nSPS) is 11.5. The Labute approximate surface area is 149 Å². The molecule has 25 heavy (non-hydrogen) atoms. The van der Waals surface area contributed by atoms with Gasteiger partial charge < -0.3 is 15.5 Å². The second kappa shape index (κ2) is 8.87. The highest BCUT2D eigenvalue weighted by Crippen LogP contribution is 2.17. The molecule has 0 unspecified atom stereocenters. The topological polar surface area (TPSA) is 61.4 Å². The molecule has 0 aliphatic carbocycles. The highest BCUT2D eigenvalue weighted by atomic mass is 16.2. The Kier molecular flexibility index (Phi) is 6.57. The molecule has 0 aromatic heterocycles. The molecule has 0 heterocycles. The predicted molar refractivity (Wildman–Crippen MR) is 102 cm³/mol. The summed E-state index contributed by atoms with van der Waals surface area (Å²) in [6, 6.07) is 16.1. The molecule has 0 bridgehead atoms. The first kappa shape index (κ1) is 18.5. The number of amides is 2. The van der Waals surface area contributed by atoms with Gasteiger partial charge in [0.05, 0.1) is 0 Å². The van der Waals surface area contributed by atoms with Crippen molar-refractivity contribution in [2.75, 3.05) is 23.7 Å². The molecular formula is C20H25N3O2. The fraction of sp³-hybridized carbons (Fsp3) is 0.300. The lowest BCUT2D eigenvalue weighted by molar-refractivity contribution is -0.131. The van der Waals surface area contributed by atoms with Crippen LogP contribution < -0.4 is 10.6 Å². The number of anilines is 2. The molecule has 2 rings (SSSR count). The summed E-state index contributed by atoms with van der Waals surface area (Å²) in [6.45, 7) is 7.15. The average molecular weight is 339 g/mol. The van der Waals surface area contributed by atoms with Crippen molar-refractivity contribution in [1.29, 1.82) is 0 Å². The van der Waals surface area contributed by atoms with Crippen LogP contribution >= 0.6 is 0 Å². The number of nitrogens with zero attached hydrogens (tertiary/aromatic N) is 1. The molecule has 0 saturated carbocycles. The van der Waals surface area contributed by atoms with Crippen LogP contribution in [0.15, 0.2) is 54.6 Å². The Hall–Kier alpha value is -2.82. The van der Waals surface area contributed by atoms with E-state index in [0.717, 1.165) is 5.69 Å². The van der Waals surface area contributed by atoms with Crippen molar-refractivity contribution in [1.82, 2.24) is 4.90 Å². The highest BCUT2D eigenvalue weighted by Gasteiger charge is 2.17. The third-order valence-electron chi connectivity index (χ3n) is 3.99. The van der Waals surface area contributed by atoms with E-state index in [0.29, 0.717) is 24.3 Å². The zero-order chi connectivity index (χ0) is 18.2. The van der Waals surface area contributed by atoms with Crippen molar-refractivity contribution in [2.24, 2.45) is 0 Å². The predicted octanol–water partition coefficient (Wildman–Crippen LogP) is 3.61. The van der Waals surface area contributed by atoms with Gasteiger partial charge in [0, 0.05) is 30.0 Å². The van der Waals surface area contributed by atoms with Gasteiger partial charge in [-0.05, 0) is 51.1 Å². The van der Waals surface area contributed by atoms with Crippen LogP contribution in [0.2, 0.25) is 0 Å². The van der Waals surface area contributed by atoms with Crippen molar-refractivity contribution in [3.05, 3.63) is 60.2 Å². The van der Waals surface area contributed by atoms with E-state index < -0.39 is 0 Å². The third kappa shape index (κ3) is 5.08. The molecular weight excluding hydrogens is 314 g/mol. The minimum atomic E-state index is -0.333. The van der Waals surface area contributed by atoms with Crippen LogP contribution in [0.3, 0.4) is 0 Å². The lowest BCUT2D eigenvalue weighted by Gasteiger charge is -2.24. The summed E-state index contributed by atoms with van der Waals surface area (Å²) in [6.07, 6.45) is 0. The van der Waals surface area contributed by atoms with Crippen LogP contribution in [0, 0.1) is 0 Å². The lowest BCUT2D eigenvalue weighted by Crippen LogP contribution is -2.41. The van der Waals surface area contributed by atoms with Crippen LogP contribution in [0.25, 0.3) is 0 Å². The smallest absolute Gasteiger partial charge is 0.255 e. The molecule has 2 aromatic rings. The first-order chi connectivity index (χ1) is 12.0. The summed E-state index contributed by atoms with van der Waals surface area (Å²) in [5.41, 5.74) is 2.08. The van der Waals surface area contributed by atoms with Gasteiger partial charge in [-0.25, -0.2) is 0 Å². The molecule has 2 aromatic carbocycles. The molecule has 132 valence electrons. The molecule has 5 heteroatoms. The number of nitrogens with one attached hydrogen (secondary N) is 2. The van der Waals surface area contributed by atoms with Gasteiger partial charge in [0.1, 0.15) is 6.04 Å². The molecule has 0 aliphatic heterocycles. The average Bonchev–Trinajstić information content (AvgIpc) is 2.63. The van der Waals surface area contributed by atoms with Crippen LogP contribution in [-0.2, 0) is 4.79 Å². The Morgan fingerprint density at radius 2 is 1.60 bits per heavy atom. The number of hydrogen-bond donors (Lipinski definition) is 2. The summed E-state index contributed by atoms with van der Waals surface area (Å²) < 4.78 is 0. The molecule has 2 N–H and O–H groups in total. The number of benzene rings is 2. The van der Waals surface area contributed by atoms with Gasteiger partial charge >= 0.3 is 0 Å². The minimum Gasteiger partial charge on any atom is -0.374 e. The number of carbonyl (C=O) groups excluding carboxylic acids is 2. The molecule has 0 aliphatic rings. The highest BCUT2D eigenvalue weighted by molar-refractivity contribution is 6.04. The van der Waals surface area contributed by atoms with E-state index in [2.05, 4.69) is 10.6 Å². The quantitative estimate of drug-likeness (QED) is 0.810. The van der Waals surface area contributed by atoms with Gasteiger partial charge in [0.15, 0.2) is 0 Å². The van der Waals surface area contributed by atoms with E-state index in [1.165, 1.54) is 0 Å². The first-order valence-electron chi connectivity index (χ1n) is 8.57. The fourth-order valence-electron chi connectivity index (χ4n) is 2.60. The second-order valence-corrected chi connectivity index (χ2v) is 5.78. The zero-order valence-corrected chi connectivity index (χ0v) is 15.0. The standard InChI is InChI=1S/C20H25N3O2/c1-4-23(5-2)20(25)15(3)21-17-12-9-13-18(14-17)22-19(24)16-10-7-6-8-11-16/h6-15,21H,4-5H2,1-3H3,(H,22,24)/t15-/m0/s1. The molecule has 2 amide bonds. The Bertz CT molecular complexity index is 712. The maximum absolute atomic E-state index is 12.4. The zero-order valence-electron chi connectivity index (χ0n) is 15.0. The molecule has 5 nitrogen and oxygen atoms in total. The number of hydrogen-bond acceptors (Lipinski definition) is 3.